The minimum Gasteiger partial charge on any atom is -0.494 e. The number of hydrogen-bond acceptors (Lipinski definition) is 6. The van der Waals surface area contributed by atoms with Gasteiger partial charge in [0, 0.05) is 18.3 Å². The van der Waals surface area contributed by atoms with Gasteiger partial charge in [0.25, 0.3) is 11.8 Å². The highest BCUT2D eigenvalue weighted by molar-refractivity contribution is 6.03. The molecule has 26 heavy (non-hydrogen) atoms. The van der Waals surface area contributed by atoms with E-state index in [1.807, 2.05) is 20.0 Å². The van der Waals surface area contributed by atoms with Gasteiger partial charge in [-0.15, -0.1) is 5.10 Å². The number of benzene rings is 1. The van der Waals surface area contributed by atoms with Crippen LogP contribution in [0.4, 0.5) is 6.01 Å². The number of aryl methyl sites for hydroxylation is 2. The van der Waals surface area contributed by atoms with E-state index in [-0.39, 0.29) is 17.8 Å². The second-order valence-corrected chi connectivity index (χ2v) is 5.89. The Balaban J connectivity index is 1.63. The largest absolute Gasteiger partial charge is 0.494 e. The highest BCUT2D eigenvalue weighted by Crippen LogP contribution is 2.20. The third-order valence-corrected chi connectivity index (χ3v) is 3.86. The number of anilines is 1. The highest BCUT2D eigenvalue weighted by Gasteiger charge is 2.15. The first-order valence-corrected chi connectivity index (χ1v) is 8.45. The molecule has 0 aliphatic carbocycles. The summed E-state index contributed by atoms with van der Waals surface area (Å²) < 4.78 is 12.8. The van der Waals surface area contributed by atoms with Crippen LogP contribution in [0.5, 0.6) is 5.75 Å². The van der Waals surface area contributed by atoms with Crippen LogP contribution < -0.4 is 10.1 Å². The predicted octanol–water partition coefficient (Wildman–Crippen LogP) is 3.21. The van der Waals surface area contributed by atoms with Gasteiger partial charge in [0.15, 0.2) is 0 Å². The van der Waals surface area contributed by atoms with Gasteiger partial charge < -0.3 is 9.15 Å². The molecule has 1 amide bonds. The van der Waals surface area contributed by atoms with Crippen molar-refractivity contribution < 1.29 is 13.9 Å². The molecule has 136 valence electrons. The number of unbranched alkanes of at least 4 members (excludes halogenated alkanes) is 1. The minimum atomic E-state index is -0.336. The van der Waals surface area contributed by atoms with Crippen molar-refractivity contribution in [2.24, 2.45) is 7.05 Å². The predicted molar refractivity (Wildman–Crippen MR) is 96.0 cm³/mol. The monoisotopic (exact) mass is 355 g/mol. The molecule has 2 heterocycles. The summed E-state index contributed by atoms with van der Waals surface area (Å²) >= 11 is 0. The lowest BCUT2D eigenvalue weighted by Gasteiger charge is -2.06. The first-order valence-electron chi connectivity index (χ1n) is 8.45. The number of nitrogens with zero attached hydrogens (tertiary/aromatic N) is 4. The fourth-order valence-corrected chi connectivity index (χ4v) is 2.25. The minimum absolute atomic E-state index is 0.0246. The molecule has 0 aliphatic heterocycles. The van der Waals surface area contributed by atoms with Crippen LogP contribution in [0.15, 0.2) is 34.7 Å². The maximum absolute atomic E-state index is 12.3. The number of amides is 1. The molecule has 1 aromatic carbocycles. The van der Waals surface area contributed by atoms with Crippen LogP contribution in [0, 0.1) is 6.92 Å². The second kappa shape index (κ2) is 7.81. The highest BCUT2D eigenvalue weighted by atomic mass is 16.5. The van der Waals surface area contributed by atoms with E-state index in [2.05, 4.69) is 27.5 Å². The number of nitrogens with one attached hydrogen (secondary N) is 1. The van der Waals surface area contributed by atoms with Crippen LogP contribution in [-0.2, 0) is 7.05 Å². The molecule has 0 bridgehead atoms. The van der Waals surface area contributed by atoms with Gasteiger partial charge in [-0.25, -0.2) is 0 Å². The Morgan fingerprint density at radius 1 is 1.27 bits per heavy atom. The van der Waals surface area contributed by atoms with E-state index in [4.69, 9.17) is 9.15 Å². The molecule has 0 saturated carbocycles. The molecule has 2 aromatic heterocycles. The van der Waals surface area contributed by atoms with Crippen molar-refractivity contribution in [1.29, 1.82) is 0 Å². The SMILES string of the molecule is CCCCOc1ccc(C(=O)Nc2nnc(-c3cc(C)n(C)n3)o2)cc1. The second-order valence-electron chi connectivity index (χ2n) is 5.89. The van der Waals surface area contributed by atoms with Gasteiger partial charge in [0.2, 0.25) is 0 Å². The third kappa shape index (κ3) is 4.08. The quantitative estimate of drug-likeness (QED) is 0.654. The van der Waals surface area contributed by atoms with E-state index in [0.29, 0.717) is 17.9 Å². The first kappa shape index (κ1) is 17.7. The molecule has 0 radical (unpaired) electrons. The summed E-state index contributed by atoms with van der Waals surface area (Å²) in [6, 6.07) is 8.76. The van der Waals surface area contributed by atoms with E-state index >= 15 is 0 Å². The van der Waals surface area contributed by atoms with E-state index in [9.17, 15) is 4.79 Å². The number of carbonyl (C=O) groups is 1. The molecule has 0 saturated heterocycles. The summed E-state index contributed by atoms with van der Waals surface area (Å²) in [6.07, 6.45) is 2.07. The van der Waals surface area contributed by atoms with Crippen LogP contribution >= 0.6 is 0 Å². The van der Waals surface area contributed by atoms with E-state index in [1.54, 1.807) is 28.9 Å². The molecular weight excluding hydrogens is 334 g/mol. The van der Waals surface area contributed by atoms with Crippen molar-refractivity contribution >= 4 is 11.9 Å². The molecule has 0 aliphatic rings. The summed E-state index contributed by atoms with van der Waals surface area (Å²) in [5, 5.41) is 14.6. The lowest BCUT2D eigenvalue weighted by atomic mass is 10.2. The molecule has 0 fully saturated rings. The van der Waals surface area contributed by atoms with Gasteiger partial charge in [-0.1, -0.05) is 18.4 Å². The van der Waals surface area contributed by atoms with Crippen LogP contribution in [0.25, 0.3) is 11.6 Å². The Morgan fingerprint density at radius 2 is 2.04 bits per heavy atom. The maximum Gasteiger partial charge on any atom is 0.322 e. The van der Waals surface area contributed by atoms with Crippen LogP contribution in [-0.4, -0.2) is 32.5 Å². The topological polar surface area (TPSA) is 95.1 Å². The summed E-state index contributed by atoms with van der Waals surface area (Å²) in [6.45, 7) is 4.69. The van der Waals surface area contributed by atoms with Gasteiger partial charge in [-0.2, -0.15) is 5.10 Å². The summed E-state index contributed by atoms with van der Waals surface area (Å²) in [7, 11) is 1.83. The number of hydrogen-bond donors (Lipinski definition) is 1. The van der Waals surface area contributed by atoms with Gasteiger partial charge in [-0.3, -0.25) is 14.8 Å². The van der Waals surface area contributed by atoms with Gasteiger partial charge in [-0.05, 0) is 43.7 Å². The van der Waals surface area contributed by atoms with Crippen LogP contribution in [0.2, 0.25) is 0 Å². The molecule has 1 N–H and O–H groups in total. The Bertz CT molecular complexity index is 863. The molecule has 3 rings (SSSR count). The summed E-state index contributed by atoms with van der Waals surface area (Å²) in [5.41, 5.74) is 2.00. The smallest absolute Gasteiger partial charge is 0.322 e. The van der Waals surface area contributed by atoms with Crippen molar-refractivity contribution in [3.05, 3.63) is 41.6 Å². The molecule has 0 unspecified atom stereocenters. The van der Waals surface area contributed by atoms with Gasteiger partial charge >= 0.3 is 6.01 Å². The molecule has 0 spiro atoms. The van der Waals surface area contributed by atoms with E-state index in [0.717, 1.165) is 24.3 Å². The number of rotatable bonds is 7. The Kier molecular flexibility index (Phi) is 5.31. The van der Waals surface area contributed by atoms with Gasteiger partial charge in [0.1, 0.15) is 11.4 Å². The molecule has 8 heteroatoms. The van der Waals surface area contributed by atoms with Crippen LogP contribution in [0.3, 0.4) is 0 Å². The average molecular weight is 355 g/mol. The number of carbonyl (C=O) groups excluding carboxylic acids is 1. The van der Waals surface area contributed by atoms with Crippen molar-refractivity contribution in [2.75, 3.05) is 11.9 Å². The fourth-order valence-electron chi connectivity index (χ4n) is 2.25. The standard InChI is InChI=1S/C18H21N5O3/c1-4-5-10-25-14-8-6-13(7-9-14)16(24)19-18-21-20-17(26-18)15-11-12(2)23(3)22-15/h6-9,11H,4-5,10H2,1-3H3,(H,19,21,24). The molecule has 8 nitrogen and oxygen atoms in total. The average Bonchev–Trinajstić information content (AvgIpc) is 3.22. The van der Waals surface area contributed by atoms with Crippen molar-refractivity contribution in [1.82, 2.24) is 20.0 Å². The normalized spacial score (nSPS) is 10.7. The zero-order chi connectivity index (χ0) is 18.5. The zero-order valence-electron chi connectivity index (χ0n) is 15.0. The molecule has 3 aromatic rings. The number of aromatic nitrogens is 4. The lowest BCUT2D eigenvalue weighted by molar-refractivity contribution is 0.102. The van der Waals surface area contributed by atoms with E-state index < -0.39 is 0 Å². The maximum atomic E-state index is 12.3. The lowest BCUT2D eigenvalue weighted by Crippen LogP contribution is -2.12. The zero-order valence-corrected chi connectivity index (χ0v) is 15.0. The third-order valence-electron chi connectivity index (χ3n) is 3.86. The fraction of sp³-hybridized carbons (Fsp3) is 0.333. The van der Waals surface area contributed by atoms with Crippen LogP contribution in [0.1, 0.15) is 35.8 Å². The Morgan fingerprint density at radius 3 is 2.69 bits per heavy atom. The van der Waals surface area contributed by atoms with Gasteiger partial charge in [0.05, 0.1) is 6.61 Å². The van der Waals surface area contributed by atoms with Crippen molar-refractivity contribution in [3.63, 3.8) is 0 Å². The van der Waals surface area contributed by atoms with E-state index in [1.165, 1.54) is 0 Å². The summed E-state index contributed by atoms with van der Waals surface area (Å²) in [5.74, 6) is 0.654. The van der Waals surface area contributed by atoms with Crippen molar-refractivity contribution in [3.8, 4) is 17.3 Å². The Hall–Kier alpha value is -3.16. The summed E-state index contributed by atoms with van der Waals surface area (Å²) in [4.78, 5) is 12.3. The Labute approximate surface area is 151 Å². The van der Waals surface area contributed by atoms with Crippen molar-refractivity contribution in [2.45, 2.75) is 26.7 Å². The number of ether oxygens (including phenoxy) is 1. The molecular formula is C18H21N5O3. The first-order chi connectivity index (χ1) is 12.6. The molecule has 0 atom stereocenters.